The first-order chi connectivity index (χ1) is 14.6. The molecule has 3 heterocycles. The van der Waals surface area contributed by atoms with Gasteiger partial charge in [0.2, 0.25) is 0 Å². The minimum atomic E-state index is -0.481. The van der Waals surface area contributed by atoms with Gasteiger partial charge in [-0.05, 0) is 30.5 Å². The second-order valence-corrected chi connectivity index (χ2v) is 7.15. The largest absolute Gasteiger partial charge is 0.347 e. The molecule has 4 rings (SSSR count). The highest BCUT2D eigenvalue weighted by atomic mass is 19.1. The molecule has 0 spiro atoms. The lowest BCUT2D eigenvalue weighted by Crippen LogP contribution is -2.38. The maximum Gasteiger partial charge on any atom is 0.273 e. The zero-order valence-corrected chi connectivity index (χ0v) is 16.2. The Morgan fingerprint density at radius 1 is 1.13 bits per heavy atom. The van der Waals surface area contributed by atoms with Crippen LogP contribution in [0.3, 0.4) is 0 Å². The number of hydrogen-bond donors (Lipinski definition) is 1. The van der Waals surface area contributed by atoms with Crippen LogP contribution in [0.1, 0.15) is 39.4 Å². The molecule has 0 bridgehead atoms. The van der Waals surface area contributed by atoms with Crippen molar-refractivity contribution in [1.82, 2.24) is 30.2 Å². The van der Waals surface area contributed by atoms with E-state index in [0.29, 0.717) is 19.6 Å². The molecule has 0 saturated carbocycles. The quantitative estimate of drug-likeness (QED) is 0.674. The van der Waals surface area contributed by atoms with E-state index in [9.17, 15) is 14.0 Å². The molecule has 0 aliphatic carbocycles. The summed E-state index contributed by atoms with van der Waals surface area (Å²) in [5.41, 5.74) is 1.43. The lowest BCUT2D eigenvalue weighted by molar-refractivity contribution is 0.0714. The summed E-state index contributed by atoms with van der Waals surface area (Å²) in [4.78, 5) is 30.6. The average molecular weight is 408 g/mol. The van der Waals surface area contributed by atoms with Gasteiger partial charge in [0.25, 0.3) is 11.8 Å². The minimum Gasteiger partial charge on any atom is -0.347 e. The summed E-state index contributed by atoms with van der Waals surface area (Å²) in [6, 6.07) is 12.1. The Hall–Kier alpha value is -3.62. The molecule has 1 atom stereocenters. The molecule has 2 aromatic heterocycles. The van der Waals surface area contributed by atoms with Crippen LogP contribution in [0.5, 0.6) is 0 Å². The molecule has 1 aromatic carbocycles. The monoisotopic (exact) mass is 408 g/mol. The molecule has 9 heteroatoms. The molecule has 2 amide bonds. The Morgan fingerprint density at radius 2 is 1.97 bits per heavy atom. The van der Waals surface area contributed by atoms with Gasteiger partial charge < -0.3 is 10.2 Å². The highest BCUT2D eigenvalue weighted by molar-refractivity contribution is 5.93. The summed E-state index contributed by atoms with van der Waals surface area (Å²) in [6.07, 6.45) is 4.28. The lowest BCUT2D eigenvalue weighted by Gasteiger charge is -2.24. The second kappa shape index (κ2) is 8.81. The topological polar surface area (TPSA) is 93.0 Å². The van der Waals surface area contributed by atoms with E-state index in [1.165, 1.54) is 12.1 Å². The number of likely N-dealkylation sites (tertiary alicyclic amines) is 1. The van der Waals surface area contributed by atoms with Crippen molar-refractivity contribution in [3.63, 3.8) is 0 Å². The fraction of sp³-hybridized carbons (Fsp3) is 0.286. The van der Waals surface area contributed by atoms with E-state index < -0.39 is 5.82 Å². The summed E-state index contributed by atoms with van der Waals surface area (Å²) < 4.78 is 14.6. The Balaban J connectivity index is 1.37. The maximum atomic E-state index is 13.1. The highest BCUT2D eigenvalue weighted by Crippen LogP contribution is 2.21. The van der Waals surface area contributed by atoms with Crippen LogP contribution in [0.25, 0.3) is 0 Å². The van der Waals surface area contributed by atoms with E-state index in [1.54, 1.807) is 15.8 Å². The maximum absolute atomic E-state index is 13.1. The molecular weight excluding hydrogens is 387 g/mol. The number of halogens is 1. The van der Waals surface area contributed by atoms with Gasteiger partial charge in [0.05, 0.1) is 25.0 Å². The number of aromatic nitrogens is 4. The van der Waals surface area contributed by atoms with Crippen molar-refractivity contribution >= 4 is 11.8 Å². The van der Waals surface area contributed by atoms with Crippen molar-refractivity contribution in [3.8, 4) is 0 Å². The molecule has 30 heavy (non-hydrogen) atoms. The standard InChI is InChI=1S/C21H21FN6O2/c22-16-8-9-18(23-12-16)21(30)28-10-4-7-17(28)13-27-14-19(25-26-27)20(29)24-11-15-5-2-1-3-6-15/h1-3,5-6,8-9,12,14,17H,4,7,10-11,13H2,(H,24,29). The smallest absolute Gasteiger partial charge is 0.273 e. The van der Waals surface area contributed by atoms with Crippen molar-refractivity contribution < 1.29 is 14.0 Å². The third-order valence-corrected chi connectivity index (χ3v) is 5.05. The van der Waals surface area contributed by atoms with Crippen LogP contribution in [0.4, 0.5) is 4.39 Å². The van der Waals surface area contributed by atoms with Crippen LogP contribution < -0.4 is 5.32 Å². The molecule has 3 aromatic rings. The predicted molar refractivity (Wildman–Crippen MR) is 106 cm³/mol. The van der Waals surface area contributed by atoms with Crippen molar-refractivity contribution in [2.24, 2.45) is 0 Å². The van der Waals surface area contributed by atoms with Gasteiger partial charge in [0.15, 0.2) is 5.69 Å². The fourth-order valence-corrected chi connectivity index (χ4v) is 3.52. The van der Waals surface area contributed by atoms with Gasteiger partial charge in [0.1, 0.15) is 11.5 Å². The zero-order chi connectivity index (χ0) is 20.9. The summed E-state index contributed by atoms with van der Waals surface area (Å²) in [5.74, 6) is -1.02. The molecule has 8 nitrogen and oxygen atoms in total. The molecule has 1 saturated heterocycles. The Labute approximate surface area is 172 Å². The van der Waals surface area contributed by atoms with Crippen molar-refractivity contribution in [3.05, 3.63) is 77.6 Å². The van der Waals surface area contributed by atoms with Gasteiger partial charge in [0, 0.05) is 13.1 Å². The Bertz CT molecular complexity index is 1020. The summed E-state index contributed by atoms with van der Waals surface area (Å²) >= 11 is 0. The van der Waals surface area contributed by atoms with E-state index in [0.717, 1.165) is 24.6 Å². The number of rotatable bonds is 6. The molecule has 154 valence electrons. The summed E-state index contributed by atoms with van der Waals surface area (Å²) in [7, 11) is 0. The molecule has 1 unspecified atom stereocenters. The van der Waals surface area contributed by atoms with Gasteiger partial charge in [-0.3, -0.25) is 9.59 Å². The molecule has 1 aliphatic heterocycles. The molecule has 1 aliphatic rings. The van der Waals surface area contributed by atoms with Crippen molar-refractivity contribution in [1.29, 1.82) is 0 Å². The van der Waals surface area contributed by atoms with Gasteiger partial charge in [-0.15, -0.1) is 5.10 Å². The van der Waals surface area contributed by atoms with E-state index in [1.807, 2.05) is 30.3 Å². The number of nitrogens with one attached hydrogen (secondary N) is 1. The number of carbonyl (C=O) groups is 2. The Kier molecular flexibility index (Phi) is 5.78. The number of pyridine rings is 1. The average Bonchev–Trinajstić information content (AvgIpc) is 3.43. The number of nitrogens with zero attached hydrogens (tertiary/aromatic N) is 5. The number of amides is 2. The van der Waals surface area contributed by atoms with Gasteiger partial charge in [-0.1, -0.05) is 35.5 Å². The van der Waals surface area contributed by atoms with Crippen LogP contribution in [0.15, 0.2) is 54.9 Å². The van der Waals surface area contributed by atoms with Gasteiger partial charge in [-0.25, -0.2) is 14.1 Å². The number of hydrogen-bond acceptors (Lipinski definition) is 5. The molecule has 1 N–H and O–H groups in total. The molecular formula is C21H21FN6O2. The van der Waals surface area contributed by atoms with Crippen LogP contribution in [-0.2, 0) is 13.1 Å². The van der Waals surface area contributed by atoms with Crippen LogP contribution in [0.2, 0.25) is 0 Å². The van der Waals surface area contributed by atoms with Crippen LogP contribution in [-0.4, -0.2) is 49.3 Å². The van der Waals surface area contributed by atoms with E-state index in [-0.39, 0.29) is 29.2 Å². The van der Waals surface area contributed by atoms with Gasteiger partial charge >= 0.3 is 0 Å². The summed E-state index contributed by atoms with van der Waals surface area (Å²) in [5, 5.41) is 10.8. The number of benzene rings is 1. The van der Waals surface area contributed by atoms with Crippen LogP contribution in [0, 0.1) is 5.82 Å². The van der Waals surface area contributed by atoms with Crippen molar-refractivity contribution in [2.75, 3.05) is 6.54 Å². The fourth-order valence-electron chi connectivity index (χ4n) is 3.52. The first kappa shape index (κ1) is 19.7. The zero-order valence-electron chi connectivity index (χ0n) is 16.2. The predicted octanol–water partition coefficient (Wildman–Crippen LogP) is 2.05. The normalized spacial score (nSPS) is 15.9. The van der Waals surface area contributed by atoms with E-state index in [2.05, 4.69) is 20.6 Å². The summed E-state index contributed by atoms with van der Waals surface area (Å²) in [6.45, 7) is 1.43. The Morgan fingerprint density at radius 3 is 2.73 bits per heavy atom. The van der Waals surface area contributed by atoms with Gasteiger partial charge in [-0.2, -0.15) is 0 Å². The first-order valence-corrected chi connectivity index (χ1v) is 9.75. The minimum absolute atomic E-state index is 0.0914. The van der Waals surface area contributed by atoms with Crippen LogP contribution >= 0.6 is 0 Å². The molecule has 1 fully saturated rings. The number of carbonyl (C=O) groups excluding carboxylic acids is 2. The van der Waals surface area contributed by atoms with E-state index in [4.69, 9.17) is 0 Å². The second-order valence-electron chi connectivity index (χ2n) is 7.15. The first-order valence-electron chi connectivity index (χ1n) is 9.75. The highest BCUT2D eigenvalue weighted by Gasteiger charge is 2.30. The molecule has 0 radical (unpaired) electrons. The third kappa shape index (κ3) is 4.51. The third-order valence-electron chi connectivity index (χ3n) is 5.05. The SMILES string of the molecule is O=C(NCc1ccccc1)c1cn(CC2CCCN2C(=O)c2ccc(F)cn2)nn1. The lowest BCUT2D eigenvalue weighted by atomic mass is 10.2. The van der Waals surface area contributed by atoms with E-state index >= 15 is 0 Å². The van der Waals surface area contributed by atoms with Crippen molar-refractivity contribution in [2.45, 2.75) is 32.0 Å².